The van der Waals surface area contributed by atoms with Crippen LogP contribution >= 0.6 is 11.3 Å². The van der Waals surface area contributed by atoms with Crippen molar-refractivity contribution in [3.63, 3.8) is 0 Å². The first-order chi connectivity index (χ1) is 20.1. The number of rotatable bonds is 11. The predicted octanol–water partition coefficient (Wildman–Crippen LogP) is 4.93. The first-order valence-electron chi connectivity index (χ1n) is 14.7. The van der Waals surface area contributed by atoms with Crippen LogP contribution in [0.2, 0.25) is 0 Å². The Morgan fingerprint density at radius 3 is 2.71 bits per heavy atom. The summed E-state index contributed by atoms with van der Waals surface area (Å²) in [5, 5.41) is 20.5. The second kappa shape index (κ2) is 11.6. The Balaban J connectivity index is 1.21. The highest BCUT2D eigenvalue weighted by atomic mass is 32.1. The van der Waals surface area contributed by atoms with Crippen LogP contribution in [0.4, 0.5) is 4.39 Å². The van der Waals surface area contributed by atoms with Crippen molar-refractivity contribution in [1.82, 2.24) is 20.6 Å². The van der Waals surface area contributed by atoms with Gasteiger partial charge in [0.2, 0.25) is 11.8 Å². The lowest BCUT2D eigenvalue weighted by Gasteiger charge is -2.47. The summed E-state index contributed by atoms with van der Waals surface area (Å²) < 4.78 is 26.1. The van der Waals surface area contributed by atoms with Gasteiger partial charge in [0.25, 0.3) is 0 Å². The van der Waals surface area contributed by atoms with E-state index in [0.717, 1.165) is 37.7 Å². The summed E-state index contributed by atoms with van der Waals surface area (Å²) in [5.74, 6) is 0.430. The summed E-state index contributed by atoms with van der Waals surface area (Å²) in [6.07, 6.45) is 7.98. The van der Waals surface area contributed by atoms with E-state index in [1.165, 1.54) is 36.1 Å². The molecular weight excluding hydrogens is 555 g/mol. The van der Waals surface area contributed by atoms with Crippen LogP contribution in [0, 0.1) is 11.2 Å². The van der Waals surface area contributed by atoms with Gasteiger partial charge in [-0.1, -0.05) is 13.8 Å². The molecule has 0 bridgehead atoms. The molecule has 0 saturated heterocycles. The topological polar surface area (TPSA) is 106 Å². The number of pyridine rings is 1. The van der Waals surface area contributed by atoms with Crippen LogP contribution in [-0.2, 0) is 16.0 Å². The number of methoxy groups -OCH3 is 1. The fourth-order valence-corrected chi connectivity index (χ4v) is 7.04. The second-order valence-corrected chi connectivity index (χ2v) is 13.7. The van der Waals surface area contributed by atoms with Crippen molar-refractivity contribution in [3.8, 4) is 16.5 Å². The molecule has 1 amide bonds. The average molecular weight is 595 g/mol. The largest absolute Gasteiger partial charge is 0.471 e. The molecule has 2 unspecified atom stereocenters. The van der Waals surface area contributed by atoms with E-state index in [4.69, 9.17) is 14.5 Å². The molecule has 1 aromatic carbocycles. The number of ether oxygens (including phenoxy) is 2. The number of fused-ring (bicyclic) bond motifs is 1. The van der Waals surface area contributed by atoms with E-state index < -0.39 is 12.1 Å². The number of nitrogens with zero attached hydrogens (tertiary/aromatic N) is 2. The molecule has 10 heteroatoms. The molecule has 1 aliphatic heterocycles. The van der Waals surface area contributed by atoms with Gasteiger partial charge in [-0.25, -0.2) is 14.4 Å². The minimum absolute atomic E-state index is 0.0426. The Labute approximate surface area is 250 Å². The third kappa shape index (κ3) is 6.22. The van der Waals surface area contributed by atoms with Crippen molar-refractivity contribution in [2.75, 3.05) is 20.3 Å². The maximum Gasteiger partial charge on any atom is 0.246 e. The normalized spacial score (nSPS) is 22.9. The highest BCUT2D eigenvalue weighted by molar-refractivity contribution is 7.13. The van der Waals surface area contributed by atoms with Crippen LogP contribution in [0.5, 0.6) is 5.88 Å². The van der Waals surface area contributed by atoms with Gasteiger partial charge in [-0.05, 0) is 78.8 Å². The van der Waals surface area contributed by atoms with Crippen molar-refractivity contribution >= 4 is 17.2 Å². The van der Waals surface area contributed by atoms with Gasteiger partial charge in [0.1, 0.15) is 23.0 Å². The number of benzene rings is 1. The van der Waals surface area contributed by atoms with E-state index in [1.807, 2.05) is 17.6 Å². The summed E-state index contributed by atoms with van der Waals surface area (Å²) in [4.78, 5) is 21.6. The Kier molecular flexibility index (Phi) is 8.08. The lowest BCUT2D eigenvalue weighted by Crippen LogP contribution is -2.52. The monoisotopic (exact) mass is 594 g/mol. The van der Waals surface area contributed by atoms with E-state index >= 15 is 0 Å². The first kappa shape index (κ1) is 29.2. The van der Waals surface area contributed by atoms with E-state index in [1.54, 1.807) is 6.20 Å². The molecule has 2 aromatic heterocycles. The van der Waals surface area contributed by atoms with Crippen molar-refractivity contribution < 1.29 is 23.8 Å². The molecule has 0 radical (unpaired) electrons. The number of aliphatic hydroxyl groups excluding tert-OH is 1. The maximum absolute atomic E-state index is 14.6. The van der Waals surface area contributed by atoms with Crippen LogP contribution in [-0.4, -0.2) is 59.0 Å². The highest BCUT2D eigenvalue weighted by Crippen LogP contribution is 2.59. The number of thiazole rings is 1. The molecule has 224 valence electrons. The van der Waals surface area contributed by atoms with E-state index in [0.29, 0.717) is 27.9 Å². The van der Waals surface area contributed by atoms with Gasteiger partial charge < -0.3 is 25.2 Å². The summed E-state index contributed by atoms with van der Waals surface area (Å²) >= 11 is 1.43. The molecule has 3 heterocycles. The van der Waals surface area contributed by atoms with E-state index in [9.17, 15) is 14.3 Å². The zero-order valence-electron chi connectivity index (χ0n) is 24.4. The minimum Gasteiger partial charge on any atom is -0.471 e. The van der Waals surface area contributed by atoms with Gasteiger partial charge in [0, 0.05) is 55.0 Å². The summed E-state index contributed by atoms with van der Waals surface area (Å²) in [6.45, 7) is 4.65. The third-order valence-electron chi connectivity index (χ3n) is 9.10. The number of carbonyl (C=O) groups excluding carboxylic acids is 1. The molecule has 3 aliphatic rings. The smallest absolute Gasteiger partial charge is 0.246 e. The number of aliphatic hydroxyl groups is 1. The molecular formula is C32H39FN4O4S. The fraction of sp³-hybridized carbons (Fsp3) is 0.531. The Morgan fingerprint density at radius 2 is 2.05 bits per heavy atom. The lowest BCUT2D eigenvalue weighted by molar-refractivity contribution is -0.126. The first-order valence-corrected chi connectivity index (χ1v) is 15.6. The number of aromatic nitrogens is 2. The molecule has 8 nitrogen and oxygen atoms in total. The molecule has 2 saturated carbocycles. The average Bonchev–Trinajstić information content (AvgIpc) is 3.30. The third-order valence-corrected chi connectivity index (χ3v) is 9.92. The Hall–Kier alpha value is -2.92. The standard InChI is InChI=1S/C32H39FN4O4S/c1-31(2)14-24(31)21-13-23-26(15-32(5-4-6-32)41-29(23)36-16-21)35-17-27(38)25(37-28(39)18-40-3)11-19-9-20(12-22(33)10-19)30-34-7-8-42-30/h7-10,12-13,16,24-27,35,38H,4-6,11,14-15,17-18H2,1-3H3,(H,37,39)/t24?,25?,26-,27+/m0/s1. The van der Waals surface area contributed by atoms with Crippen molar-refractivity contribution in [3.05, 3.63) is 64.5 Å². The Morgan fingerprint density at radius 1 is 1.24 bits per heavy atom. The van der Waals surface area contributed by atoms with Gasteiger partial charge >= 0.3 is 0 Å². The number of hydrogen-bond donors (Lipinski definition) is 3. The quantitative estimate of drug-likeness (QED) is 0.289. The number of carbonyl (C=O) groups is 1. The van der Waals surface area contributed by atoms with Gasteiger partial charge in [0.15, 0.2) is 0 Å². The highest BCUT2D eigenvalue weighted by Gasteiger charge is 2.49. The maximum atomic E-state index is 14.6. The minimum atomic E-state index is -0.945. The van der Waals surface area contributed by atoms with E-state index in [-0.39, 0.29) is 48.4 Å². The van der Waals surface area contributed by atoms with Gasteiger partial charge in [-0.3, -0.25) is 4.79 Å². The molecule has 1 spiro atoms. The van der Waals surface area contributed by atoms with Crippen LogP contribution in [0.1, 0.15) is 74.6 Å². The molecule has 4 atom stereocenters. The SMILES string of the molecule is COCC(=O)NC(Cc1cc(F)cc(-c2nccs2)c1)[C@H](O)CN[C@H]1CC2(CCC2)Oc2ncc(C3CC3(C)C)cc21. The van der Waals surface area contributed by atoms with Crippen molar-refractivity contribution in [2.24, 2.45) is 5.41 Å². The van der Waals surface area contributed by atoms with Crippen LogP contribution in [0.25, 0.3) is 10.6 Å². The van der Waals surface area contributed by atoms with Gasteiger partial charge in [-0.2, -0.15) is 0 Å². The molecule has 42 heavy (non-hydrogen) atoms. The number of nitrogens with one attached hydrogen (secondary N) is 2. The van der Waals surface area contributed by atoms with Gasteiger partial charge in [0.05, 0.1) is 12.1 Å². The zero-order chi connectivity index (χ0) is 29.5. The molecule has 3 aromatic rings. The molecule has 6 rings (SSSR count). The predicted molar refractivity (Wildman–Crippen MR) is 159 cm³/mol. The van der Waals surface area contributed by atoms with Crippen molar-refractivity contribution in [2.45, 2.75) is 82.1 Å². The zero-order valence-corrected chi connectivity index (χ0v) is 25.2. The summed E-state index contributed by atoms with van der Waals surface area (Å²) in [7, 11) is 1.45. The number of hydrogen-bond acceptors (Lipinski definition) is 8. The van der Waals surface area contributed by atoms with Crippen LogP contribution in [0.15, 0.2) is 42.0 Å². The van der Waals surface area contributed by atoms with Crippen LogP contribution in [0.3, 0.4) is 0 Å². The molecule has 3 N–H and O–H groups in total. The summed E-state index contributed by atoms with van der Waals surface area (Å²) in [5.41, 5.74) is 3.64. The number of amides is 1. The second-order valence-electron chi connectivity index (χ2n) is 12.8. The number of halogens is 1. The summed E-state index contributed by atoms with van der Waals surface area (Å²) in [6, 6.07) is 6.26. The van der Waals surface area contributed by atoms with Crippen molar-refractivity contribution in [1.29, 1.82) is 0 Å². The van der Waals surface area contributed by atoms with E-state index in [2.05, 4.69) is 35.5 Å². The van der Waals surface area contributed by atoms with Crippen LogP contribution < -0.4 is 15.4 Å². The molecule has 2 fully saturated rings. The fourth-order valence-electron chi connectivity index (χ4n) is 6.42. The lowest BCUT2D eigenvalue weighted by atomic mass is 9.73. The Bertz CT molecular complexity index is 1430. The van der Waals surface area contributed by atoms with Gasteiger partial charge in [-0.15, -0.1) is 11.3 Å². The molecule has 2 aliphatic carbocycles.